The number of aliphatic imine (C=N–C) groups is 1. The van der Waals surface area contributed by atoms with E-state index in [0.717, 1.165) is 23.8 Å². The van der Waals surface area contributed by atoms with Crippen LogP contribution in [0.1, 0.15) is 24.2 Å². The van der Waals surface area contributed by atoms with E-state index in [1.165, 1.54) is 12.1 Å². The Morgan fingerprint density at radius 2 is 1.58 bits per heavy atom. The van der Waals surface area contributed by atoms with Gasteiger partial charge in [-0.1, -0.05) is 53.0 Å². The molecule has 0 radical (unpaired) electrons. The van der Waals surface area contributed by atoms with Crippen LogP contribution in [-0.4, -0.2) is 36.5 Å². The Hall–Kier alpha value is -3.39. The number of nitrogens with one attached hydrogen (secondary N) is 1. The maximum Gasteiger partial charge on any atom is 0.301 e. The molecule has 1 aliphatic rings. The van der Waals surface area contributed by atoms with Crippen LogP contribution in [0.4, 0.5) is 17.1 Å². The predicted molar refractivity (Wildman–Crippen MR) is 147 cm³/mol. The highest BCUT2D eigenvalue weighted by Gasteiger charge is 2.36. The van der Waals surface area contributed by atoms with Gasteiger partial charge in [0.2, 0.25) is 0 Å². The van der Waals surface area contributed by atoms with E-state index in [-0.39, 0.29) is 27.3 Å². The Balaban J connectivity index is 1.74. The fraction of sp³-hybridized carbons (Fsp3) is 0.154. The van der Waals surface area contributed by atoms with Crippen LogP contribution in [0.5, 0.6) is 0 Å². The number of amides is 2. The molecule has 1 heterocycles. The third-order valence-electron chi connectivity index (χ3n) is 5.50. The van der Waals surface area contributed by atoms with E-state index in [1.807, 2.05) is 12.1 Å². The number of rotatable bonds is 6. The second kappa shape index (κ2) is 11.1. The fourth-order valence-corrected chi connectivity index (χ4v) is 4.67. The molecule has 1 aliphatic heterocycles. The topological polar surface area (TPSA) is 77.4 Å². The predicted octanol–water partition coefficient (Wildman–Crippen LogP) is 6.36. The van der Waals surface area contributed by atoms with Crippen LogP contribution in [0.15, 0.2) is 76.8 Å². The van der Waals surface area contributed by atoms with Crippen molar-refractivity contribution < 1.29 is 9.59 Å². The lowest BCUT2D eigenvalue weighted by atomic mass is 10.2. The summed E-state index contributed by atoms with van der Waals surface area (Å²) in [6.07, 6.45) is 0. The van der Waals surface area contributed by atoms with Crippen molar-refractivity contribution in [2.45, 2.75) is 13.8 Å². The van der Waals surface area contributed by atoms with E-state index in [9.17, 15) is 9.59 Å². The zero-order valence-corrected chi connectivity index (χ0v) is 21.8. The third-order valence-corrected chi connectivity index (χ3v) is 6.29. The van der Waals surface area contributed by atoms with Crippen LogP contribution < -0.4 is 15.2 Å². The number of carbonyl (C=O) groups is 2. The van der Waals surface area contributed by atoms with Gasteiger partial charge in [-0.2, -0.15) is 5.01 Å². The molecule has 1 N–H and O–H groups in total. The molecule has 36 heavy (non-hydrogen) atoms. The van der Waals surface area contributed by atoms with Gasteiger partial charge in [-0.05, 0) is 62.4 Å². The molecule has 0 bridgehead atoms. The Kier molecular flexibility index (Phi) is 7.94. The summed E-state index contributed by atoms with van der Waals surface area (Å²) in [6.45, 7) is 5.88. The molecular weight excluding hydrogens is 521 g/mol. The van der Waals surface area contributed by atoms with Gasteiger partial charge >= 0.3 is 5.91 Å². The SMILES string of the molecule is CCN(CC)c1ccc(N=C2C(=O)N(c3c(Cl)cc(Cl)cc3Cl)N=C2NC(=O)c2ccccc2)cc1. The number of anilines is 2. The van der Waals surface area contributed by atoms with Gasteiger partial charge in [0.25, 0.3) is 5.91 Å². The molecule has 0 atom stereocenters. The molecule has 4 rings (SSSR count). The van der Waals surface area contributed by atoms with Crippen molar-refractivity contribution in [3.8, 4) is 0 Å². The quantitative estimate of drug-likeness (QED) is 0.394. The van der Waals surface area contributed by atoms with E-state index in [1.54, 1.807) is 42.5 Å². The van der Waals surface area contributed by atoms with E-state index in [2.05, 4.69) is 34.2 Å². The first-order valence-corrected chi connectivity index (χ1v) is 12.3. The van der Waals surface area contributed by atoms with Crippen LogP contribution in [0.2, 0.25) is 15.1 Å². The molecule has 3 aromatic rings. The summed E-state index contributed by atoms with van der Waals surface area (Å²) in [7, 11) is 0. The molecule has 3 aromatic carbocycles. The van der Waals surface area contributed by atoms with E-state index in [4.69, 9.17) is 34.8 Å². The lowest BCUT2D eigenvalue weighted by Crippen LogP contribution is -2.37. The van der Waals surface area contributed by atoms with E-state index in [0.29, 0.717) is 16.3 Å². The van der Waals surface area contributed by atoms with Crippen LogP contribution in [0.3, 0.4) is 0 Å². The van der Waals surface area contributed by atoms with Crippen molar-refractivity contribution in [1.29, 1.82) is 0 Å². The van der Waals surface area contributed by atoms with E-state index < -0.39 is 11.8 Å². The van der Waals surface area contributed by atoms with Crippen molar-refractivity contribution in [2.75, 3.05) is 23.0 Å². The Morgan fingerprint density at radius 3 is 2.17 bits per heavy atom. The van der Waals surface area contributed by atoms with Gasteiger partial charge in [-0.15, -0.1) is 5.10 Å². The lowest BCUT2D eigenvalue weighted by Gasteiger charge is -2.20. The molecule has 0 saturated carbocycles. The van der Waals surface area contributed by atoms with Crippen molar-refractivity contribution in [3.05, 3.63) is 87.4 Å². The Labute approximate surface area is 224 Å². The molecule has 0 aromatic heterocycles. The lowest BCUT2D eigenvalue weighted by molar-refractivity contribution is -0.112. The minimum Gasteiger partial charge on any atom is -0.372 e. The molecule has 0 unspecified atom stereocenters. The first kappa shape index (κ1) is 25.7. The molecule has 184 valence electrons. The third kappa shape index (κ3) is 5.38. The summed E-state index contributed by atoms with van der Waals surface area (Å²) < 4.78 is 0. The molecule has 0 saturated heterocycles. The van der Waals surface area contributed by atoms with Gasteiger partial charge in [0.1, 0.15) is 5.69 Å². The number of nitrogens with zero attached hydrogens (tertiary/aromatic N) is 4. The van der Waals surface area contributed by atoms with Crippen molar-refractivity contribution in [2.24, 2.45) is 10.1 Å². The second-order valence-corrected chi connectivity index (χ2v) is 9.00. The molecule has 2 amide bonds. The number of hydrogen-bond donors (Lipinski definition) is 1. The molecule has 7 nitrogen and oxygen atoms in total. The monoisotopic (exact) mass is 541 g/mol. The summed E-state index contributed by atoms with van der Waals surface area (Å²) in [5.41, 5.74) is 2.04. The van der Waals surface area contributed by atoms with Gasteiger partial charge in [-0.25, -0.2) is 4.99 Å². The van der Waals surface area contributed by atoms with Crippen molar-refractivity contribution in [1.82, 2.24) is 5.32 Å². The number of amidine groups is 1. The minimum atomic E-state index is -0.600. The number of carbonyl (C=O) groups excluding carboxylic acids is 2. The Bertz CT molecular complexity index is 1330. The maximum absolute atomic E-state index is 13.5. The molecule has 0 spiro atoms. The first-order chi connectivity index (χ1) is 17.3. The Morgan fingerprint density at radius 1 is 0.972 bits per heavy atom. The van der Waals surface area contributed by atoms with Crippen LogP contribution in [-0.2, 0) is 4.79 Å². The van der Waals surface area contributed by atoms with Gasteiger partial charge in [0.15, 0.2) is 11.5 Å². The maximum atomic E-state index is 13.5. The van der Waals surface area contributed by atoms with Gasteiger partial charge in [-0.3, -0.25) is 9.59 Å². The highest BCUT2D eigenvalue weighted by Crippen LogP contribution is 2.38. The van der Waals surface area contributed by atoms with E-state index >= 15 is 0 Å². The largest absolute Gasteiger partial charge is 0.372 e. The summed E-state index contributed by atoms with van der Waals surface area (Å²) in [5.74, 6) is -1.07. The van der Waals surface area contributed by atoms with Crippen LogP contribution in [0.25, 0.3) is 0 Å². The first-order valence-electron chi connectivity index (χ1n) is 11.2. The zero-order valence-electron chi connectivity index (χ0n) is 19.5. The standard InChI is InChI=1S/C26H22Cl3N5O2/c1-3-33(4-2)19-12-10-18(11-13-19)30-22-24(31-25(35)16-8-6-5-7-9-16)32-34(26(22)36)23-20(28)14-17(27)15-21(23)29/h5-15H,3-4H2,1-2H3,(H,31,32,35). The normalized spacial score (nSPS) is 14.2. The zero-order chi connectivity index (χ0) is 25.8. The molecule has 0 aliphatic carbocycles. The highest BCUT2D eigenvalue weighted by molar-refractivity contribution is 6.72. The number of hydrogen-bond acceptors (Lipinski definition) is 5. The summed E-state index contributed by atoms with van der Waals surface area (Å²) in [6, 6.07) is 18.9. The van der Waals surface area contributed by atoms with Gasteiger partial charge < -0.3 is 10.2 Å². The number of benzene rings is 3. The smallest absolute Gasteiger partial charge is 0.301 e. The fourth-order valence-electron chi connectivity index (χ4n) is 3.69. The summed E-state index contributed by atoms with van der Waals surface area (Å²) >= 11 is 18.7. The summed E-state index contributed by atoms with van der Waals surface area (Å²) in [5, 5.41) is 8.60. The van der Waals surface area contributed by atoms with Crippen LogP contribution in [0, 0.1) is 0 Å². The minimum absolute atomic E-state index is 0.0243. The number of hydrazone groups is 1. The molecule has 10 heteroatoms. The van der Waals surface area contributed by atoms with Gasteiger partial charge in [0, 0.05) is 29.4 Å². The van der Waals surface area contributed by atoms with Crippen molar-refractivity contribution in [3.63, 3.8) is 0 Å². The molecular formula is C26H22Cl3N5O2. The average molecular weight is 543 g/mol. The number of halogens is 3. The highest BCUT2D eigenvalue weighted by atomic mass is 35.5. The van der Waals surface area contributed by atoms with Gasteiger partial charge in [0.05, 0.1) is 15.7 Å². The van der Waals surface area contributed by atoms with Crippen LogP contribution >= 0.6 is 34.8 Å². The van der Waals surface area contributed by atoms with Crippen molar-refractivity contribution >= 4 is 75.2 Å². The average Bonchev–Trinajstić information content (AvgIpc) is 3.15. The molecule has 0 fully saturated rings. The second-order valence-electron chi connectivity index (χ2n) is 7.75. The summed E-state index contributed by atoms with van der Waals surface area (Å²) in [4.78, 5) is 33.0.